The number of benzene rings is 1. The zero-order valence-corrected chi connectivity index (χ0v) is 19.9. The van der Waals surface area contributed by atoms with E-state index in [0.717, 1.165) is 9.48 Å². The van der Waals surface area contributed by atoms with Gasteiger partial charge in [0.05, 0.1) is 33.6 Å². The molecule has 15 heteroatoms. The highest BCUT2D eigenvalue weighted by Gasteiger charge is 2.37. The van der Waals surface area contributed by atoms with Gasteiger partial charge in [-0.1, -0.05) is 11.6 Å². The third kappa shape index (κ3) is 5.16. The van der Waals surface area contributed by atoms with Crippen molar-refractivity contribution in [3.05, 3.63) is 75.5 Å². The molecule has 3 N–H and O–H groups in total. The predicted octanol–water partition coefficient (Wildman–Crippen LogP) is 3.30. The Morgan fingerprint density at radius 1 is 1.22 bits per heavy atom. The Bertz CT molecular complexity index is 1530. The molecule has 0 saturated carbocycles. The average Bonchev–Trinajstić information content (AvgIpc) is 3.25. The summed E-state index contributed by atoms with van der Waals surface area (Å²) in [6.07, 6.45) is -3.20. The highest BCUT2D eigenvalue weighted by molar-refractivity contribution is 6.32. The van der Waals surface area contributed by atoms with Gasteiger partial charge in [-0.15, -0.1) is 5.10 Å². The van der Waals surface area contributed by atoms with Crippen LogP contribution in [0.2, 0.25) is 5.02 Å². The molecular weight excluding hydrogens is 515 g/mol. The van der Waals surface area contributed by atoms with Crippen LogP contribution in [0.15, 0.2) is 36.5 Å². The van der Waals surface area contributed by atoms with Gasteiger partial charge < -0.3 is 10.6 Å². The quantitative estimate of drug-likeness (QED) is 0.348. The summed E-state index contributed by atoms with van der Waals surface area (Å²) in [4.78, 5) is 30.9. The van der Waals surface area contributed by atoms with Crippen molar-refractivity contribution >= 4 is 29.1 Å². The Morgan fingerprint density at radius 2 is 1.95 bits per heavy atom. The van der Waals surface area contributed by atoms with Crippen molar-refractivity contribution in [2.24, 2.45) is 0 Å². The van der Waals surface area contributed by atoms with E-state index in [2.05, 4.69) is 30.9 Å². The molecule has 0 aliphatic carbocycles. The fraction of sp³-hybridized carbons (Fsp3) is 0.182. The summed E-state index contributed by atoms with van der Waals surface area (Å²) in [5, 5.41) is 24.2. The van der Waals surface area contributed by atoms with E-state index in [1.165, 1.54) is 37.5 Å². The molecule has 0 saturated heterocycles. The lowest BCUT2D eigenvalue weighted by Gasteiger charge is -2.14. The monoisotopic (exact) mass is 531 g/mol. The third-order valence-corrected chi connectivity index (χ3v) is 5.44. The van der Waals surface area contributed by atoms with E-state index in [9.17, 15) is 28.0 Å². The molecule has 0 fully saturated rings. The van der Waals surface area contributed by atoms with Crippen molar-refractivity contribution in [1.29, 1.82) is 5.26 Å². The van der Waals surface area contributed by atoms with Crippen molar-refractivity contribution in [2.75, 3.05) is 12.4 Å². The van der Waals surface area contributed by atoms with Crippen molar-refractivity contribution < 1.29 is 22.8 Å². The fourth-order valence-electron chi connectivity index (χ4n) is 3.47. The molecule has 0 radical (unpaired) electrons. The Balaban J connectivity index is 1.74. The Hall–Kier alpha value is -4.64. The molecule has 0 spiro atoms. The zero-order chi connectivity index (χ0) is 26.9. The molecule has 3 heterocycles. The number of alkyl halides is 3. The van der Waals surface area contributed by atoms with Gasteiger partial charge in [0.2, 0.25) is 5.82 Å². The van der Waals surface area contributed by atoms with Crippen molar-refractivity contribution in [3.8, 4) is 11.9 Å². The number of anilines is 1. The molecule has 0 atom stereocenters. The maximum Gasteiger partial charge on any atom is 0.452 e. The Morgan fingerprint density at radius 3 is 2.57 bits per heavy atom. The lowest BCUT2D eigenvalue weighted by Crippen LogP contribution is -2.26. The fourth-order valence-corrected chi connectivity index (χ4v) is 3.67. The minimum atomic E-state index is -4.62. The molecule has 11 nitrogen and oxygen atoms in total. The minimum absolute atomic E-state index is 0.0633. The van der Waals surface area contributed by atoms with Crippen LogP contribution in [-0.2, 0) is 12.7 Å². The van der Waals surface area contributed by atoms with Crippen LogP contribution < -0.4 is 10.6 Å². The minimum Gasteiger partial charge on any atom is -0.355 e. The maximum atomic E-state index is 13.4. The van der Waals surface area contributed by atoms with Crippen LogP contribution in [0.25, 0.3) is 5.82 Å². The summed E-state index contributed by atoms with van der Waals surface area (Å²) in [5.41, 5.74) is 1.01. The number of amides is 2. The number of aromatic nitrogens is 6. The summed E-state index contributed by atoms with van der Waals surface area (Å²) in [6, 6.07) is 9.24. The highest BCUT2D eigenvalue weighted by Crippen LogP contribution is 2.27. The second-order valence-corrected chi connectivity index (χ2v) is 8.13. The second-order valence-electron chi connectivity index (χ2n) is 7.72. The molecule has 0 unspecified atom stereocenters. The third-order valence-electron chi connectivity index (χ3n) is 5.14. The maximum absolute atomic E-state index is 13.4. The lowest BCUT2D eigenvalue weighted by atomic mass is 10.0. The van der Waals surface area contributed by atoms with E-state index in [0.29, 0.717) is 5.56 Å². The van der Waals surface area contributed by atoms with Crippen LogP contribution in [-0.4, -0.2) is 48.6 Å². The largest absolute Gasteiger partial charge is 0.452 e. The van der Waals surface area contributed by atoms with Crippen molar-refractivity contribution in [3.63, 3.8) is 0 Å². The molecule has 0 aliphatic heterocycles. The number of carbonyl (C=O) groups excluding carboxylic acids is 2. The lowest BCUT2D eigenvalue weighted by molar-refractivity contribution is -0.151. The summed E-state index contributed by atoms with van der Waals surface area (Å²) >= 11 is 6.25. The first-order valence-electron chi connectivity index (χ1n) is 10.5. The number of hydrogen-bond donors (Lipinski definition) is 3. The summed E-state index contributed by atoms with van der Waals surface area (Å²) in [5.74, 6) is -2.30. The average molecular weight is 532 g/mol. The molecule has 0 bridgehead atoms. The molecule has 1 aromatic carbocycles. The van der Waals surface area contributed by atoms with Crippen LogP contribution >= 0.6 is 11.6 Å². The van der Waals surface area contributed by atoms with Crippen LogP contribution in [0.4, 0.5) is 18.9 Å². The molecule has 190 valence electrons. The van der Waals surface area contributed by atoms with Gasteiger partial charge in [0.25, 0.3) is 11.8 Å². The summed E-state index contributed by atoms with van der Waals surface area (Å²) in [6.45, 7) is 1.41. The number of rotatable bonds is 6. The van der Waals surface area contributed by atoms with Gasteiger partial charge in [-0.25, -0.2) is 9.67 Å². The number of carbonyl (C=O) groups is 2. The number of pyridine rings is 1. The van der Waals surface area contributed by atoms with Gasteiger partial charge >= 0.3 is 6.18 Å². The topological polar surface area (TPSA) is 146 Å². The first-order valence-corrected chi connectivity index (χ1v) is 10.9. The van der Waals surface area contributed by atoms with Crippen LogP contribution in [0.5, 0.6) is 0 Å². The number of aromatic amines is 1. The smallest absolute Gasteiger partial charge is 0.355 e. The number of nitrogens with zero attached hydrogens (tertiary/aromatic N) is 6. The van der Waals surface area contributed by atoms with Gasteiger partial charge in [0.1, 0.15) is 12.2 Å². The Kier molecular flexibility index (Phi) is 6.73. The van der Waals surface area contributed by atoms with Crippen molar-refractivity contribution in [1.82, 2.24) is 35.1 Å². The van der Waals surface area contributed by atoms with E-state index in [1.807, 2.05) is 6.07 Å². The number of nitrogens with one attached hydrogen (secondary N) is 3. The first-order chi connectivity index (χ1) is 17.5. The van der Waals surface area contributed by atoms with E-state index in [4.69, 9.17) is 11.6 Å². The van der Waals surface area contributed by atoms with Gasteiger partial charge in [-0.2, -0.15) is 28.3 Å². The van der Waals surface area contributed by atoms with Crippen LogP contribution in [0.1, 0.15) is 43.5 Å². The van der Waals surface area contributed by atoms with E-state index in [-0.39, 0.29) is 45.6 Å². The van der Waals surface area contributed by atoms with E-state index >= 15 is 0 Å². The Labute approximate surface area is 211 Å². The molecule has 3 aromatic heterocycles. The highest BCUT2D eigenvalue weighted by atomic mass is 35.5. The van der Waals surface area contributed by atoms with Crippen LogP contribution in [0.3, 0.4) is 0 Å². The molecule has 4 aromatic rings. The van der Waals surface area contributed by atoms with Crippen LogP contribution in [0, 0.1) is 18.3 Å². The number of hydrogen-bond acceptors (Lipinski definition) is 6. The van der Waals surface area contributed by atoms with Gasteiger partial charge in [0.15, 0.2) is 5.82 Å². The number of aryl methyl sites for hydroxylation is 1. The van der Waals surface area contributed by atoms with Gasteiger partial charge in [-0.3, -0.25) is 14.7 Å². The predicted molar refractivity (Wildman–Crippen MR) is 124 cm³/mol. The number of nitriles is 1. The molecule has 37 heavy (non-hydrogen) atoms. The van der Waals surface area contributed by atoms with E-state index < -0.39 is 23.8 Å². The van der Waals surface area contributed by atoms with Gasteiger partial charge in [0, 0.05) is 13.2 Å². The molecule has 2 amide bonds. The normalized spacial score (nSPS) is 11.3. The molecule has 0 aliphatic rings. The zero-order valence-electron chi connectivity index (χ0n) is 19.2. The second kappa shape index (κ2) is 9.78. The van der Waals surface area contributed by atoms with Crippen molar-refractivity contribution in [2.45, 2.75) is 19.6 Å². The van der Waals surface area contributed by atoms with Gasteiger partial charge in [-0.05, 0) is 42.8 Å². The number of H-pyrrole nitrogens is 1. The standard InChI is InChI=1S/C22H17ClF3N9O2/c1-11-6-12(9-27)7-14(19(36)28-2)17(11)30-20(37)16-8-13(10-34-32-21(33-34)22(24,25)26)31-35(16)18-15(23)4-3-5-29-18/h3-8H,10H2,1-2H3,(H,28,36)(H,30,37)(H,32,33). The summed E-state index contributed by atoms with van der Waals surface area (Å²) < 4.78 is 39.2. The SMILES string of the molecule is CNC(=O)c1cc(C#N)cc(C)c1NC(=O)c1cc(Cn2nc(C(F)(F)F)[nH]2)nn1-c1ncccc1Cl. The van der Waals surface area contributed by atoms with E-state index in [1.54, 1.807) is 13.0 Å². The number of halogens is 4. The molecular formula is C22H17ClF3N9O2. The summed E-state index contributed by atoms with van der Waals surface area (Å²) in [7, 11) is 1.41. The first kappa shape index (κ1) is 25.5. The molecule has 4 rings (SSSR count).